The van der Waals surface area contributed by atoms with E-state index in [1.165, 1.54) is 13.2 Å². The molecule has 5 nitrogen and oxygen atoms in total. The van der Waals surface area contributed by atoms with Gasteiger partial charge in [-0.15, -0.1) is 0 Å². The van der Waals surface area contributed by atoms with Crippen molar-refractivity contribution in [1.82, 2.24) is 0 Å². The summed E-state index contributed by atoms with van der Waals surface area (Å²) in [7, 11) is 1.49. The van der Waals surface area contributed by atoms with Gasteiger partial charge in [0.05, 0.1) is 35.7 Å². The summed E-state index contributed by atoms with van der Waals surface area (Å²) in [6.45, 7) is 0. The van der Waals surface area contributed by atoms with Crippen molar-refractivity contribution in [2.24, 2.45) is 0 Å². The van der Waals surface area contributed by atoms with Gasteiger partial charge in [-0.05, 0) is 36.4 Å². The van der Waals surface area contributed by atoms with Crippen LogP contribution in [0.25, 0.3) is 0 Å². The Balaban J connectivity index is 2.28. The lowest BCUT2D eigenvalue weighted by Gasteiger charge is -2.11. The van der Waals surface area contributed by atoms with Crippen LogP contribution in [0, 0.1) is 11.3 Å². The lowest BCUT2D eigenvalue weighted by molar-refractivity contribution is 0.102. The number of nitriles is 1. The minimum absolute atomic E-state index is 0.332. The zero-order valence-electron chi connectivity index (χ0n) is 11.2. The van der Waals surface area contributed by atoms with Gasteiger partial charge < -0.3 is 15.8 Å². The first-order valence-electron chi connectivity index (χ1n) is 5.99. The van der Waals surface area contributed by atoms with Gasteiger partial charge in [0.15, 0.2) is 0 Å². The number of halogens is 1. The minimum Gasteiger partial charge on any atom is -0.496 e. The number of nitrogens with one attached hydrogen (secondary N) is 1. The fraction of sp³-hybridized carbons (Fsp3) is 0.0667. The second-order valence-electron chi connectivity index (χ2n) is 4.21. The third-order valence-corrected chi connectivity index (χ3v) is 3.33. The van der Waals surface area contributed by atoms with Gasteiger partial charge in [-0.3, -0.25) is 4.79 Å². The number of ether oxygens (including phenoxy) is 1. The van der Waals surface area contributed by atoms with Crippen LogP contribution in [-0.2, 0) is 0 Å². The van der Waals surface area contributed by atoms with E-state index >= 15 is 0 Å². The van der Waals surface area contributed by atoms with Gasteiger partial charge in [-0.2, -0.15) is 5.26 Å². The van der Waals surface area contributed by atoms with Crippen molar-refractivity contribution in [3.05, 3.63) is 52.0 Å². The van der Waals surface area contributed by atoms with Crippen molar-refractivity contribution in [3.63, 3.8) is 0 Å². The molecule has 0 aliphatic rings. The van der Waals surface area contributed by atoms with E-state index in [9.17, 15) is 4.79 Å². The second-order valence-corrected chi connectivity index (χ2v) is 5.13. The maximum absolute atomic E-state index is 12.3. The Hall–Kier alpha value is -2.52. The smallest absolute Gasteiger partial charge is 0.259 e. The summed E-state index contributed by atoms with van der Waals surface area (Å²) in [5.74, 6) is 0.116. The Morgan fingerprint density at radius 3 is 2.71 bits per heavy atom. The summed E-state index contributed by atoms with van der Waals surface area (Å²) in [5.41, 5.74) is 7.42. The third-order valence-electron chi connectivity index (χ3n) is 2.84. The average molecular weight is 346 g/mol. The summed E-state index contributed by atoms with van der Waals surface area (Å²) in [5, 5.41) is 11.5. The van der Waals surface area contributed by atoms with E-state index in [1.54, 1.807) is 30.3 Å². The number of amides is 1. The van der Waals surface area contributed by atoms with Crippen molar-refractivity contribution in [3.8, 4) is 11.8 Å². The van der Waals surface area contributed by atoms with Gasteiger partial charge in [-0.25, -0.2) is 0 Å². The molecule has 106 valence electrons. The Bertz CT molecular complexity index is 738. The molecular weight excluding hydrogens is 334 g/mol. The number of nitrogens with two attached hydrogens (primary N) is 1. The van der Waals surface area contributed by atoms with E-state index in [-0.39, 0.29) is 5.91 Å². The monoisotopic (exact) mass is 345 g/mol. The summed E-state index contributed by atoms with van der Waals surface area (Å²) in [4.78, 5) is 12.3. The summed E-state index contributed by atoms with van der Waals surface area (Å²) in [6.07, 6.45) is 0. The molecule has 0 radical (unpaired) electrons. The average Bonchev–Trinajstić information content (AvgIpc) is 2.48. The van der Waals surface area contributed by atoms with Crippen molar-refractivity contribution in [2.75, 3.05) is 18.2 Å². The molecule has 0 heterocycles. The van der Waals surface area contributed by atoms with Crippen LogP contribution in [0.1, 0.15) is 15.9 Å². The van der Waals surface area contributed by atoms with E-state index in [0.29, 0.717) is 28.3 Å². The lowest BCUT2D eigenvalue weighted by Crippen LogP contribution is -2.14. The van der Waals surface area contributed by atoms with E-state index in [2.05, 4.69) is 21.2 Å². The van der Waals surface area contributed by atoms with Gasteiger partial charge in [0.1, 0.15) is 5.75 Å². The van der Waals surface area contributed by atoms with E-state index in [0.717, 1.165) is 4.47 Å². The van der Waals surface area contributed by atoms with Crippen molar-refractivity contribution in [2.45, 2.75) is 0 Å². The maximum Gasteiger partial charge on any atom is 0.259 e. The molecule has 1 amide bonds. The van der Waals surface area contributed by atoms with Crippen LogP contribution in [-0.4, -0.2) is 13.0 Å². The molecule has 6 heteroatoms. The van der Waals surface area contributed by atoms with Crippen LogP contribution in [0.2, 0.25) is 0 Å². The van der Waals surface area contributed by atoms with Gasteiger partial charge in [-0.1, -0.05) is 15.9 Å². The molecule has 0 unspecified atom stereocenters. The lowest BCUT2D eigenvalue weighted by atomic mass is 10.1. The molecule has 0 saturated carbocycles. The fourth-order valence-corrected chi connectivity index (χ4v) is 2.13. The molecule has 0 spiro atoms. The van der Waals surface area contributed by atoms with Crippen LogP contribution in [0.4, 0.5) is 11.4 Å². The highest BCUT2D eigenvalue weighted by atomic mass is 79.9. The number of benzene rings is 2. The van der Waals surface area contributed by atoms with E-state index in [4.69, 9.17) is 15.7 Å². The first-order chi connectivity index (χ1) is 10.0. The molecule has 0 fully saturated rings. The highest BCUT2D eigenvalue weighted by Crippen LogP contribution is 2.26. The summed E-state index contributed by atoms with van der Waals surface area (Å²) >= 11 is 3.32. The number of methoxy groups -OCH3 is 1. The molecule has 0 aromatic heterocycles. The molecule has 0 aliphatic heterocycles. The SMILES string of the molecule is COc1cc(Br)ccc1C(=O)Nc1ccc(C#N)cc1N. The van der Waals surface area contributed by atoms with Gasteiger partial charge >= 0.3 is 0 Å². The molecule has 0 atom stereocenters. The molecule has 3 N–H and O–H groups in total. The number of nitrogen functional groups attached to an aromatic ring is 1. The number of carbonyl (C=O) groups is 1. The molecule has 2 aromatic rings. The Kier molecular flexibility index (Phi) is 4.45. The zero-order chi connectivity index (χ0) is 15.4. The largest absolute Gasteiger partial charge is 0.496 e. The first-order valence-corrected chi connectivity index (χ1v) is 6.79. The fourth-order valence-electron chi connectivity index (χ4n) is 1.79. The van der Waals surface area contributed by atoms with Gasteiger partial charge in [0.25, 0.3) is 5.91 Å². The van der Waals surface area contributed by atoms with Crippen molar-refractivity contribution >= 4 is 33.2 Å². The molecule has 2 aromatic carbocycles. The third kappa shape index (κ3) is 3.33. The number of nitrogens with zero attached hydrogens (tertiary/aromatic N) is 1. The van der Waals surface area contributed by atoms with Gasteiger partial charge in [0, 0.05) is 4.47 Å². The van der Waals surface area contributed by atoms with E-state index < -0.39 is 0 Å². The number of rotatable bonds is 3. The predicted octanol–water partition coefficient (Wildman–Crippen LogP) is 3.16. The Morgan fingerprint density at radius 1 is 1.33 bits per heavy atom. The number of hydrogen-bond donors (Lipinski definition) is 2. The molecule has 2 rings (SSSR count). The zero-order valence-corrected chi connectivity index (χ0v) is 12.8. The van der Waals surface area contributed by atoms with Crippen molar-refractivity contribution < 1.29 is 9.53 Å². The first kappa shape index (κ1) is 14.9. The van der Waals surface area contributed by atoms with Crippen molar-refractivity contribution in [1.29, 1.82) is 5.26 Å². The Morgan fingerprint density at radius 2 is 2.10 bits per heavy atom. The quantitative estimate of drug-likeness (QED) is 0.836. The van der Waals surface area contributed by atoms with Crippen LogP contribution in [0.3, 0.4) is 0 Å². The number of carbonyl (C=O) groups excluding carboxylic acids is 1. The second kappa shape index (κ2) is 6.29. The van der Waals surface area contributed by atoms with Crippen LogP contribution in [0.15, 0.2) is 40.9 Å². The van der Waals surface area contributed by atoms with E-state index in [1.807, 2.05) is 6.07 Å². The van der Waals surface area contributed by atoms with Crippen LogP contribution in [0.5, 0.6) is 5.75 Å². The summed E-state index contributed by atoms with van der Waals surface area (Å²) < 4.78 is 6.00. The maximum atomic E-state index is 12.3. The highest BCUT2D eigenvalue weighted by Gasteiger charge is 2.14. The topological polar surface area (TPSA) is 88.1 Å². The van der Waals surface area contributed by atoms with Crippen LogP contribution < -0.4 is 15.8 Å². The molecular formula is C15H12BrN3O2. The summed E-state index contributed by atoms with van der Waals surface area (Å²) in [6, 6.07) is 11.8. The Labute approximate surface area is 130 Å². The molecule has 0 saturated heterocycles. The normalized spacial score (nSPS) is 9.76. The molecule has 0 bridgehead atoms. The standard InChI is InChI=1S/C15H12BrN3O2/c1-21-14-7-10(16)3-4-11(14)15(20)19-13-5-2-9(8-17)6-12(13)18/h2-7H,18H2,1H3,(H,19,20). The number of hydrogen-bond acceptors (Lipinski definition) is 4. The van der Waals surface area contributed by atoms with Crippen LogP contribution >= 0.6 is 15.9 Å². The predicted molar refractivity (Wildman–Crippen MR) is 84.2 cm³/mol. The minimum atomic E-state index is -0.337. The highest BCUT2D eigenvalue weighted by molar-refractivity contribution is 9.10. The molecule has 0 aliphatic carbocycles. The number of anilines is 2. The van der Waals surface area contributed by atoms with Gasteiger partial charge in [0.2, 0.25) is 0 Å². The molecule has 21 heavy (non-hydrogen) atoms.